The molecule has 1 aliphatic carbocycles. The van der Waals surface area contributed by atoms with Crippen LogP contribution in [-0.2, 0) is 6.54 Å². The third kappa shape index (κ3) is 4.34. The van der Waals surface area contributed by atoms with Crippen molar-refractivity contribution in [2.24, 2.45) is 5.92 Å². The van der Waals surface area contributed by atoms with Crippen LogP contribution in [0.15, 0.2) is 18.2 Å². The van der Waals surface area contributed by atoms with Crippen molar-refractivity contribution in [1.82, 2.24) is 5.32 Å². The Kier molecular flexibility index (Phi) is 4.65. The highest BCUT2D eigenvalue weighted by molar-refractivity contribution is 5.37. The highest BCUT2D eigenvalue weighted by Gasteiger charge is 2.20. The molecule has 0 atom stereocenters. The first-order chi connectivity index (χ1) is 8.65. The van der Waals surface area contributed by atoms with Crippen LogP contribution in [0.5, 0.6) is 5.75 Å². The number of hydrogen-bond acceptors (Lipinski definition) is 2. The summed E-state index contributed by atoms with van der Waals surface area (Å²) in [6, 6.07) is 7.22. The minimum atomic E-state index is 0.698. The van der Waals surface area contributed by atoms with Crippen molar-refractivity contribution in [1.29, 1.82) is 0 Å². The zero-order valence-electron chi connectivity index (χ0n) is 11.8. The maximum Gasteiger partial charge on any atom is 0.123 e. The highest BCUT2D eigenvalue weighted by atomic mass is 16.5. The first kappa shape index (κ1) is 13.4. The van der Waals surface area contributed by atoms with E-state index in [1.807, 2.05) is 0 Å². The van der Waals surface area contributed by atoms with E-state index < -0.39 is 0 Å². The lowest BCUT2D eigenvalue weighted by Crippen LogP contribution is -2.16. The van der Waals surface area contributed by atoms with Crippen LogP contribution < -0.4 is 10.1 Å². The van der Waals surface area contributed by atoms with Crippen molar-refractivity contribution in [3.05, 3.63) is 29.3 Å². The molecule has 2 rings (SSSR count). The van der Waals surface area contributed by atoms with Crippen molar-refractivity contribution in [2.75, 3.05) is 6.61 Å². The molecule has 18 heavy (non-hydrogen) atoms. The lowest BCUT2D eigenvalue weighted by Gasteiger charge is -2.14. The number of ether oxygens (including phenoxy) is 1. The van der Waals surface area contributed by atoms with E-state index in [1.54, 1.807) is 0 Å². The van der Waals surface area contributed by atoms with Crippen molar-refractivity contribution in [2.45, 2.75) is 52.6 Å². The Morgan fingerprint density at radius 3 is 2.78 bits per heavy atom. The molecule has 100 valence electrons. The van der Waals surface area contributed by atoms with E-state index >= 15 is 0 Å². The molecule has 0 aromatic heterocycles. The average Bonchev–Trinajstić information content (AvgIpc) is 3.12. The summed E-state index contributed by atoms with van der Waals surface area (Å²) in [4.78, 5) is 0. The molecule has 1 aromatic rings. The van der Waals surface area contributed by atoms with Gasteiger partial charge in [-0.2, -0.15) is 0 Å². The monoisotopic (exact) mass is 247 g/mol. The topological polar surface area (TPSA) is 21.3 Å². The van der Waals surface area contributed by atoms with Gasteiger partial charge >= 0.3 is 0 Å². The summed E-state index contributed by atoms with van der Waals surface area (Å²) in [6.07, 6.45) is 3.77. The second-order valence-electron chi connectivity index (χ2n) is 5.80. The molecule has 1 aliphatic rings. The van der Waals surface area contributed by atoms with Crippen LogP contribution in [0.25, 0.3) is 0 Å². The fraction of sp³-hybridized carbons (Fsp3) is 0.625. The SMILES string of the molecule is Cc1ccc(OCCC(C)C)c(CNC2CC2)c1. The van der Waals surface area contributed by atoms with Gasteiger partial charge in [0.2, 0.25) is 0 Å². The van der Waals surface area contributed by atoms with E-state index in [2.05, 4.69) is 44.3 Å². The largest absolute Gasteiger partial charge is 0.493 e. The smallest absolute Gasteiger partial charge is 0.123 e. The summed E-state index contributed by atoms with van der Waals surface area (Å²) >= 11 is 0. The van der Waals surface area contributed by atoms with E-state index in [0.29, 0.717) is 5.92 Å². The summed E-state index contributed by atoms with van der Waals surface area (Å²) in [5.74, 6) is 1.75. The van der Waals surface area contributed by atoms with Gasteiger partial charge in [-0.05, 0) is 38.2 Å². The van der Waals surface area contributed by atoms with Gasteiger partial charge in [0.1, 0.15) is 5.75 Å². The van der Waals surface area contributed by atoms with Gasteiger partial charge in [-0.3, -0.25) is 0 Å². The van der Waals surface area contributed by atoms with E-state index in [1.165, 1.54) is 24.0 Å². The Morgan fingerprint density at radius 2 is 2.11 bits per heavy atom. The summed E-state index contributed by atoms with van der Waals surface area (Å²) in [7, 11) is 0. The number of benzene rings is 1. The Balaban J connectivity index is 1.93. The standard InChI is InChI=1S/C16H25NO/c1-12(2)8-9-18-16-7-4-13(3)10-14(16)11-17-15-5-6-15/h4,7,10,12,15,17H,5-6,8-9,11H2,1-3H3. The van der Waals surface area contributed by atoms with Crippen molar-refractivity contribution >= 4 is 0 Å². The van der Waals surface area contributed by atoms with Gasteiger partial charge < -0.3 is 10.1 Å². The number of rotatable bonds is 7. The minimum absolute atomic E-state index is 0.698. The fourth-order valence-corrected chi connectivity index (χ4v) is 1.93. The maximum atomic E-state index is 5.92. The molecule has 0 spiro atoms. The quantitative estimate of drug-likeness (QED) is 0.793. The molecular weight excluding hydrogens is 222 g/mol. The molecular formula is C16H25NO. The molecule has 0 aliphatic heterocycles. The first-order valence-electron chi connectivity index (χ1n) is 7.11. The third-order valence-corrected chi connectivity index (χ3v) is 3.33. The van der Waals surface area contributed by atoms with Crippen LogP contribution in [0, 0.1) is 12.8 Å². The van der Waals surface area contributed by atoms with Gasteiger partial charge in [-0.25, -0.2) is 0 Å². The molecule has 0 unspecified atom stereocenters. The molecule has 0 heterocycles. The second kappa shape index (κ2) is 6.24. The highest BCUT2D eigenvalue weighted by Crippen LogP contribution is 2.24. The molecule has 1 N–H and O–H groups in total. The molecule has 1 aromatic carbocycles. The second-order valence-corrected chi connectivity index (χ2v) is 5.80. The van der Waals surface area contributed by atoms with Crippen LogP contribution in [0.4, 0.5) is 0 Å². The van der Waals surface area contributed by atoms with Gasteiger partial charge in [0.25, 0.3) is 0 Å². The zero-order chi connectivity index (χ0) is 13.0. The molecule has 1 fully saturated rings. The van der Waals surface area contributed by atoms with Gasteiger partial charge in [0.15, 0.2) is 0 Å². The van der Waals surface area contributed by atoms with Crippen LogP contribution in [-0.4, -0.2) is 12.6 Å². The van der Waals surface area contributed by atoms with Crippen LogP contribution in [0.1, 0.15) is 44.2 Å². The lowest BCUT2D eigenvalue weighted by atomic mass is 10.1. The molecule has 0 amide bonds. The maximum absolute atomic E-state index is 5.92. The van der Waals surface area contributed by atoms with E-state index in [4.69, 9.17) is 4.74 Å². The molecule has 0 radical (unpaired) electrons. The summed E-state index contributed by atoms with van der Waals surface area (Å²) < 4.78 is 5.92. The average molecular weight is 247 g/mol. The normalized spacial score (nSPS) is 15.1. The molecule has 2 heteroatoms. The summed E-state index contributed by atoms with van der Waals surface area (Å²) in [5.41, 5.74) is 2.60. The number of nitrogens with one attached hydrogen (secondary N) is 1. The molecule has 0 saturated heterocycles. The van der Waals surface area contributed by atoms with Crippen LogP contribution in [0.3, 0.4) is 0 Å². The van der Waals surface area contributed by atoms with Gasteiger partial charge in [0, 0.05) is 18.2 Å². The Labute approximate surface area is 111 Å². The van der Waals surface area contributed by atoms with Crippen molar-refractivity contribution in [3.63, 3.8) is 0 Å². The predicted molar refractivity (Wildman–Crippen MR) is 76.0 cm³/mol. The van der Waals surface area contributed by atoms with Crippen molar-refractivity contribution in [3.8, 4) is 5.75 Å². The number of hydrogen-bond donors (Lipinski definition) is 1. The fourth-order valence-electron chi connectivity index (χ4n) is 1.93. The first-order valence-corrected chi connectivity index (χ1v) is 7.11. The third-order valence-electron chi connectivity index (χ3n) is 3.33. The molecule has 2 nitrogen and oxygen atoms in total. The summed E-state index contributed by atoms with van der Waals surface area (Å²) in [6.45, 7) is 8.35. The number of aryl methyl sites for hydroxylation is 1. The zero-order valence-corrected chi connectivity index (χ0v) is 11.8. The van der Waals surface area contributed by atoms with Gasteiger partial charge in [0.05, 0.1) is 6.61 Å². The van der Waals surface area contributed by atoms with Gasteiger partial charge in [-0.15, -0.1) is 0 Å². The van der Waals surface area contributed by atoms with E-state index in [-0.39, 0.29) is 0 Å². The Hall–Kier alpha value is -1.02. The van der Waals surface area contributed by atoms with Crippen molar-refractivity contribution < 1.29 is 4.74 Å². The predicted octanol–water partition coefficient (Wildman–Crippen LogP) is 3.67. The van der Waals surface area contributed by atoms with Crippen LogP contribution >= 0.6 is 0 Å². The van der Waals surface area contributed by atoms with E-state index in [9.17, 15) is 0 Å². The molecule has 1 saturated carbocycles. The Morgan fingerprint density at radius 1 is 1.33 bits per heavy atom. The summed E-state index contributed by atoms with van der Waals surface area (Å²) in [5, 5.41) is 3.56. The van der Waals surface area contributed by atoms with Gasteiger partial charge in [-0.1, -0.05) is 31.5 Å². The lowest BCUT2D eigenvalue weighted by molar-refractivity contribution is 0.286. The van der Waals surface area contributed by atoms with Crippen LogP contribution in [0.2, 0.25) is 0 Å². The molecule has 0 bridgehead atoms. The Bertz CT molecular complexity index is 383. The van der Waals surface area contributed by atoms with E-state index in [0.717, 1.165) is 31.4 Å². The minimum Gasteiger partial charge on any atom is -0.493 e.